The smallest absolute Gasteiger partial charge is 0.416 e. The maximum atomic E-state index is 12.9. The quantitative estimate of drug-likeness (QED) is 0.643. The Kier molecular flexibility index (Phi) is 6.60. The number of aliphatic imine (C=N–C) groups is 1. The Bertz CT molecular complexity index is 963. The Balaban J connectivity index is 1.79. The second-order valence-corrected chi connectivity index (χ2v) is 7.74. The molecule has 5 nitrogen and oxygen atoms in total. The zero-order valence-electron chi connectivity index (χ0n) is 16.7. The van der Waals surface area contributed by atoms with E-state index in [0.717, 1.165) is 17.7 Å². The summed E-state index contributed by atoms with van der Waals surface area (Å²) in [6, 6.07) is 10.2. The lowest BCUT2D eigenvalue weighted by Gasteiger charge is -2.12. The fourth-order valence-corrected chi connectivity index (χ4v) is 4.18. The molecule has 3 rings (SSSR count). The molecule has 30 heavy (non-hydrogen) atoms. The number of thioether (sulfide) groups is 1. The summed E-state index contributed by atoms with van der Waals surface area (Å²) >= 11 is 1.23. The van der Waals surface area contributed by atoms with Crippen LogP contribution in [-0.2, 0) is 17.4 Å². The molecule has 1 fully saturated rings. The third-order valence-electron chi connectivity index (χ3n) is 4.49. The molecule has 0 N–H and O–H groups in total. The first-order valence-electron chi connectivity index (χ1n) is 9.22. The van der Waals surface area contributed by atoms with E-state index in [2.05, 4.69) is 4.99 Å². The van der Waals surface area contributed by atoms with Crippen LogP contribution in [0.15, 0.2) is 47.5 Å². The average molecular weight is 438 g/mol. The van der Waals surface area contributed by atoms with Crippen LogP contribution < -0.4 is 9.47 Å². The summed E-state index contributed by atoms with van der Waals surface area (Å²) in [6.07, 6.45) is -4.02. The molecule has 1 aliphatic heterocycles. The number of hydrogen-bond acceptors (Lipinski definition) is 5. The molecule has 0 spiro atoms. The first kappa shape index (κ1) is 22.0. The number of ether oxygens (including phenoxy) is 2. The molecule has 2 aromatic carbocycles. The zero-order valence-corrected chi connectivity index (χ0v) is 17.5. The van der Waals surface area contributed by atoms with Crippen molar-refractivity contribution in [3.05, 3.63) is 53.6 Å². The summed E-state index contributed by atoms with van der Waals surface area (Å²) in [4.78, 5) is 18.3. The minimum Gasteiger partial charge on any atom is -0.493 e. The lowest BCUT2D eigenvalue weighted by atomic mass is 10.1. The Morgan fingerprint density at radius 3 is 2.60 bits per heavy atom. The van der Waals surface area contributed by atoms with Crippen LogP contribution in [0.5, 0.6) is 11.5 Å². The molecule has 1 amide bonds. The standard InChI is InChI=1S/C21H21F3N2O3S/c1-4-29-16-9-8-13(10-17(16)28-3)11-18-19(27)26(2)20(30-18)25-15-7-5-6-14(12-15)21(22,23)24/h5-10,12,18H,4,11H2,1-3H3/t18-/m1/s1. The van der Waals surface area contributed by atoms with Gasteiger partial charge in [-0.15, -0.1) is 0 Å². The van der Waals surface area contributed by atoms with E-state index in [1.165, 1.54) is 28.8 Å². The molecule has 0 aromatic heterocycles. The second kappa shape index (κ2) is 8.99. The molecule has 0 saturated carbocycles. The fraction of sp³-hybridized carbons (Fsp3) is 0.333. The van der Waals surface area contributed by atoms with Crippen LogP contribution in [0.25, 0.3) is 0 Å². The third kappa shape index (κ3) is 4.89. The Morgan fingerprint density at radius 2 is 1.93 bits per heavy atom. The number of amidine groups is 1. The number of hydrogen-bond donors (Lipinski definition) is 0. The minimum absolute atomic E-state index is 0.148. The monoisotopic (exact) mass is 438 g/mol. The van der Waals surface area contributed by atoms with Crippen molar-refractivity contribution >= 4 is 28.5 Å². The van der Waals surface area contributed by atoms with Crippen LogP contribution in [0.1, 0.15) is 18.1 Å². The highest BCUT2D eigenvalue weighted by Gasteiger charge is 2.36. The number of nitrogens with zero attached hydrogens (tertiary/aromatic N) is 2. The maximum absolute atomic E-state index is 12.9. The summed E-state index contributed by atoms with van der Waals surface area (Å²) in [5.74, 6) is 1.05. The van der Waals surface area contributed by atoms with Gasteiger partial charge in [0.25, 0.3) is 0 Å². The van der Waals surface area contributed by atoms with Crippen LogP contribution in [0.2, 0.25) is 0 Å². The van der Waals surface area contributed by atoms with E-state index in [1.807, 2.05) is 19.1 Å². The highest BCUT2D eigenvalue weighted by atomic mass is 32.2. The first-order valence-corrected chi connectivity index (χ1v) is 10.1. The molecule has 0 radical (unpaired) electrons. The van der Waals surface area contributed by atoms with Crippen LogP contribution in [0, 0.1) is 0 Å². The van der Waals surface area contributed by atoms with Gasteiger partial charge in [0.1, 0.15) is 0 Å². The SMILES string of the molecule is CCOc1ccc(C[C@H]2SC(=Nc3cccc(C(F)(F)F)c3)N(C)C2=O)cc1OC. The van der Waals surface area contributed by atoms with Crippen LogP contribution in [0.3, 0.4) is 0 Å². The Labute approximate surface area is 176 Å². The number of alkyl halides is 3. The van der Waals surface area contributed by atoms with Crippen molar-refractivity contribution in [2.24, 2.45) is 4.99 Å². The summed E-state index contributed by atoms with van der Waals surface area (Å²) in [6.45, 7) is 2.38. The third-order valence-corrected chi connectivity index (χ3v) is 5.72. The normalized spacial score (nSPS) is 18.2. The molecular weight excluding hydrogens is 417 g/mol. The van der Waals surface area contributed by atoms with Crippen molar-refractivity contribution in [1.29, 1.82) is 0 Å². The van der Waals surface area contributed by atoms with Gasteiger partial charge < -0.3 is 9.47 Å². The summed E-state index contributed by atoms with van der Waals surface area (Å²) in [7, 11) is 3.12. The van der Waals surface area contributed by atoms with E-state index in [0.29, 0.717) is 29.7 Å². The van der Waals surface area contributed by atoms with E-state index >= 15 is 0 Å². The van der Waals surface area contributed by atoms with E-state index in [9.17, 15) is 18.0 Å². The van der Waals surface area contributed by atoms with Gasteiger partial charge in [-0.25, -0.2) is 4.99 Å². The van der Waals surface area contributed by atoms with Crippen LogP contribution in [-0.4, -0.2) is 42.0 Å². The molecular formula is C21H21F3N2O3S. The number of benzene rings is 2. The van der Waals surface area contributed by atoms with Crippen molar-refractivity contribution in [3.8, 4) is 11.5 Å². The topological polar surface area (TPSA) is 51.1 Å². The molecule has 1 atom stereocenters. The van der Waals surface area contributed by atoms with E-state index < -0.39 is 17.0 Å². The van der Waals surface area contributed by atoms with Gasteiger partial charge in [-0.05, 0) is 49.2 Å². The summed E-state index contributed by atoms with van der Waals surface area (Å²) in [5, 5.41) is -0.0653. The van der Waals surface area contributed by atoms with Gasteiger partial charge in [0.15, 0.2) is 16.7 Å². The van der Waals surface area contributed by atoms with Gasteiger partial charge in [-0.3, -0.25) is 9.69 Å². The highest BCUT2D eigenvalue weighted by molar-refractivity contribution is 8.15. The molecule has 9 heteroatoms. The van der Waals surface area contributed by atoms with E-state index in [-0.39, 0.29) is 11.6 Å². The molecule has 0 unspecified atom stereocenters. The van der Waals surface area contributed by atoms with Gasteiger partial charge >= 0.3 is 6.18 Å². The Hall–Kier alpha value is -2.68. The number of halogens is 3. The number of carbonyl (C=O) groups excluding carboxylic acids is 1. The highest BCUT2D eigenvalue weighted by Crippen LogP contribution is 2.35. The maximum Gasteiger partial charge on any atom is 0.416 e. The number of carbonyl (C=O) groups is 1. The van der Waals surface area contributed by atoms with Crippen LogP contribution in [0.4, 0.5) is 18.9 Å². The molecule has 1 aliphatic rings. The molecule has 0 aliphatic carbocycles. The molecule has 160 valence electrons. The van der Waals surface area contributed by atoms with Crippen molar-refractivity contribution in [1.82, 2.24) is 4.90 Å². The second-order valence-electron chi connectivity index (χ2n) is 6.57. The van der Waals surface area contributed by atoms with E-state index in [4.69, 9.17) is 9.47 Å². The van der Waals surface area contributed by atoms with Crippen molar-refractivity contribution < 1.29 is 27.4 Å². The molecule has 1 saturated heterocycles. The number of methoxy groups -OCH3 is 1. The van der Waals surface area contributed by atoms with Gasteiger partial charge in [0.2, 0.25) is 5.91 Å². The number of amides is 1. The zero-order chi connectivity index (χ0) is 21.9. The van der Waals surface area contributed by atoms with Crippen molar-refractivity contribution in [2.45, 2.75) is 24.8 Å². The van der Waals surface area contributed by atoms with Gasteiger partial charge in [-0.1, -0.05) is 23.9 Å². The molecule has 2 aromatic rings. The van der Waals surface area contributed by atoms with Crippen molar-refractivity contribution in [3.63, 3.8) is 0 Å². The predicted molar refractivity (Wildman–Crippen MR) is 111 cm³/mol. The van der Waals surface area contributed by atoms with Crippen molar-refractivity contribution in [2.75, 3.05) is 20.8 Å². The Morgan fingerprint density at radius 1 is 1.17 bits per heavy atom. The first-order chi connectivity index (χ1) is 14.2. The van der Waals surface area contributed by atoms with Gasteiger partial charge in [0, 0.05) is 7.05 Å². The largest absolute Gasteiger partial charge is 0.493 e. The van der Waals surface area contributed by atoms with Gasteiger partial charge in [-0.2, -0.15) is 13.2 Å². The summed E-state index contributed by atoms with van der Waals surface area (Å²) < 4.78 is 49.6. The number of rotatable bonds is 6. The fourth-order valence-electron chi connectivity index (χ4n) is 2.99. The van der Waals surface area contributed by atoms with Gasteiger partial charge in [0.05, 0.1) is 30.2 Å². The average Bonchev–Trinajstić information content (AvgIpc) is 2.96. The lowest BCUT2D eigenvalue weighted by molar-refractivity contribution is -0.137. The van der Waals surface area contributed by atoms with Crippen LogP contribution >= 0.6 is 11.8 Å². The van der Waals surface area contributed by atoms with E-state index in [1.54, 1.807) is 20.2 Å². The predicted octanol–water partition coefficient (Wildman–Crippen LogP) is 4.92. The molecule has 0 bridgehead atoms. The minimum atomic E-state index is -4.45. The molecule has 1 heterocycles. The summed E-state index contributed by atoms with van der Waals surface area (Å²) in [5.41, 5.74) is 0.254. The lowest BCUT2D eigenvalue weighted by Crippen LogP contribution is -2.28.